The Morgan fingerprint density at radius 3 is 2.76 bits per heavy atom. The summed E-state index contributed by atoms with van der Waals surface area (Å²) in [4.78, 5) is 16.5. The average Bonchev–Trinajstić information content (AvgIpc) is 2.47. The van der Waals surface area contributed by atoms with Gasteiger partial charge in [0.15, 0.2) is 0 Å². The van der Waals surface area contributed by atoms with Crippen molar-refractivity contribution in [2.45, 2.75) is 13.0 Å². The molecule has 0 saturated carbocycles. The molecule has 112 valence electrons. The molecule has 1 amide bonds. The van der Waals surface area contributed by atoms with Crippen molar-refractivity contribution >= 4 is 11.6 Å². The second kappa shape index (κ2) is 7.21. The van der Waals surface area contributed by atoms with Crippen molar-refractivity contribution in [2.75, 3.05) is 38.0 Å². The van der Waals surface area contributed by atoms with Crippen molar-refractivity contribution in [3.05, 3.63) is 30.1 Å². The zero-order chi connectivity index (χ0) is 15.2. The number of hydrogen-bond donors (Lipinski definition) is 1. The van der Waals surface area contributed by atoms with Gasteiger partial charge in [-0.15, -0.1) is 6.42 Å². The van der Waals surface area contributed by atoms with Gasteiger partial charge in [-0.1, -0.05) is 12.0 Å². The van der Waals surface area contributed by atoms with E-state index in [1.54, 1.807) is 12.1 Å². The molecule has 0 radical (unpaired) electrons. The normalized spacial score (nSPS) is 18.0. The van der Waals surface area contributed by atoms with E-state index in [9.17, 15) is 9.18 Å². The molecular weight excluding hydrogens is 269 g/mol. The summed E-state index contributed by atoms with van der Waals surface area (Å²) in [5.74, 6) is 2.16. The van der Waals surface area contributed by atoms with Crippen molar-refractivity contribution < 1.29 is 9.18 Å². The van der Waals surface area contributed by atoms with Crippen LogP contribution in [0.4, 0.5) is 10.1 Å². The van der Waals surface area contributed by atoms with Gasteiger partial charge in [-0.05, 0) is 25.1 Å². The van der Waals surface area contributed by atoms with Crippen molar-refractivity contribution in [1.82, 2.24) is 9.80 Å². The van der Waals surface area contributed by atoms with Gasteiger partial charge in [-0.2, -0.15) is 0 Å². The number of piperazine rings is 1. The molecule has 1 aliphatic heterocycles. The first-order valence-electron chi connectivity index (χ1n) is 7.06. The summed E-state index contributed by atoms with van der Waals surface area (Å²) in [6, 6.07) is 5.67. The highest BCUT2D eigenvalue weighted by atomic mass is 19.1. The summed E-state index contributed by atoms with van der Waals surface area (Å²) in [6.45, 7) is 5.85. The molecule has 0 spiro atoms. The highest BCUT2D eigenvalue weighted by Gasteiger charge is 2.25. The molecule has 1 unspecified atom stereocenters. The van der Waals surface area contributed by atoms with E-state index in [0.29, 0.717) is 12.2 Å². The van der Waals surface area contributed by atoms with Crippen molar-refractivity contribution in [2.24, 2.45) is 0 Å². The van der Waals surface area contributed by atoms with Crippen LogP contribution in [0.1, 0.15) is 6.92 Å². The van der Waals surface area contributed by atoms with Crippen LogP contribution in [0, 0.1) is 18.2 Å². The molecule has 1 aromatic carbocycles. The molecule has 0 aliphatic carbocycles. The Labute approximate surface area is 124 Å². The van der Waals surface area contributed by atoms with Gasteiger partial charge in [0.25, 0.3) is 0 Å². The molecule has 5 heteroatoms. The van der Waals surface area contributed by atoms with Crippen LogP contribution < -0.4 is 5.32 Å². The standard InChI is InChI=1S/C16H20FN3O/c1-3-7-19-8-10-20(11-9-19)13(2)16(21)18-15-6-4-5-14(17)12-15/h1,4-6,12-13H,7-11H2,2H3,(H,18,21). The molecule has 2 rings (SSSR count). The first kappa shape index (κ1) is 15.5. The fourth-order valence-corrected chi connectivity index (χ4v) is 2.42. The minimum Gasteiger partial charge on any atom is -0.325 e. The van der Waals surface area contributed by atoms with Gasteiger partial charge >= 0.3 is 0 Å². The second-order valence-electron chi connectivity index (χ2n) is 5.19. The van der Waals surface area contributed by atoms with Gasteiger partial charge in [0, 0.05) is 31.9 Å². The topological polar surface area (TPSA) is 35.6 Å². The molecule has 21 heavy (non-hydrogen) atoms. The van der Waals surface area contributed by atoms with Crippen LogP contribution in [0.2, 0.25) is 0 Å². The van der Waals surface area contributed by atoms with E-state index in [4.69, 9.17) is 6.42 Å². The predicted molar refractivity (Wildman–Crippen MR) is 81.3 cm³/mol. The summed E-state index contributed by atoms with van der Waals surface area (Å²) in [7, 11) is 0. The lowest BCUT2D eigenvalue weighted by molar-refractivity contribution is -0.121. The van der Waals surface area contributed by atoms with Gasteiger partial charge in [0.1, 0.15) is 5.82 Å². The van der Waals surface area contributed by atoms with Gasteiger partial charge < -0.3 is 5.32 Å². The molecule has 1 N–H and O–H groups in total. The maximum absolute atomic E-state index is 13.1. The number of terminal acetylenes is 1. The maximum Gasteiger partial charge on any atom is 0.241 e. The molecule has 4 nitrogen and oxygen atoms in total. The Morgan fingerprint density at radius 2 is 2.14 bits per heavy atom. The van der Waals surface area contributed by atoms with E-state index < -0.39 is 0 Å². The quantitative estimate of drug-likeness (QED) is 0.851. The first-order valence-corrected chi connectivity index (χ1v) is 7.06. The summed E-state index contributed by atoms with van der Waals surface area (Å²) in [6.07, 6.45) is 5.30. The van der Waals surface area contributed by atoms with E-state index in [-0.39, 0.29) is 17.8 Å². The van der Waals surface area contributed by atoms with Crippen LogP contribution in [0.3, 0.4) is 0 Å². The number of halogens is 1. The van der Waals surface area contributed by atoms with E-state index in [1.165, 1.54) is 12.1 Å². The monoisotopic (exact) mass is 289 g/mol. The number of amides is 1. The lowest BCUT2D eigenvalue weighted by atomic mass is 10.2. The van der Waals surface area contributed by atoms with E-state index in [2.05, 4.69) is 21.0 Å². The molecule has 0 aromatic heterocycles. The van der Waals surface area contributed by atoms with Crippen LogP contribution in [-0.4, -0.2) is 54.5 Å². The zero-order valence-corrected chi connectivity index (χ0v) is 12.2. The zero-order valence-electron chi connectivity index (χ0n) is 12.2. The Bertz CT molecular complexity index is 533. The summed E-state index contributed by atoms with van der Waals surface area (Å²) in [5, 5.41) is 2.75. The molecule has 1 aromatic rings. The van der Waals surface area contributed by atoms with Gasteiger partial charge in [0.2, 0.25) is 5.91 Å². The van der Waals surface area contributed by atoms with Gasteiger partial charge in [0.05, 0.1) is 12.6 Å². The van der Waals surface area contributed by atoms with Crippen LogP contribution in [0.25, 0.3) is 0 Å². The molecule has 1 atom stereocenters. The van der Waals surface area contributed by atoms with E-state index >= 15 is 0 Å². The van der Waals surface area contributed by atoms with E-state index in [0.717, 1.165) is 26.2 Å². The van der Waals surface area contributed by atoms with Crippen molar-refractivity contribution in [1.29, 1.82) is 0 Å². The molecule has 1 saturated heterocycles. The highest BCUT2D eigenvalue weighted by molar-refractivity contribution is 5.94. The second-order valence-corrected chi connectivity index (χ2v) is 5.19. The largest absolute Gasteiger partial charge is 0.325 e. The lowest BCUT2D eigenvalue weighted by Gasteiger charge is -2.36. The van der Waals surface area contributed by atoms with Gasteiger partial charge in [-0.25, -0.2) is 4.39 Å². The fourth-order valence-electron chi connectivity index (χ4n) is 2.42. The Balaban J connectivity index is 1.87. The number of carbonyl (C=O) groups is 1. The number of benzene rings is 1. The average molecular weight is 289 g/mol. The summed E-state index contributed by atoms with van der Waals surface area (Å²) >= 11 is 0. The molecule has 0 bridgehead atoms. The fraction of sp³-hybridized carbons (Fsp3) is 0.438. The van der Waals surface area contributed by atoms with Crippen LogP contribution in [0.15, 0.2) is 24.3 Å². The third-order valence-electron chi connectivity index (χ3n) is 3.74. The Morgan fingerprint density at radius 1 is 1.43 bits per heavy atom. The van der Waals surface area contributed by atoms with Crippen molar-refractivity contribution in [3.8, 4) is 12.3 Å². The molecular formula is C16H20FN3O. The van der Waals surface area contributed by atoms with Crippen LogP contribution in [-0.2, 0) is 4.79 Å². The summed E-state index contributed by atoms with van der Waals surface area (Å²) < 4.78 is 13.1. The lowest BCUT2D eigenvalue weighted by Crippen LogP contribution is -2.52. The van der Waals surface area contributed by atoms with Crippen LogP contribution >= 0.6 is 0 Å². The van der Waals surface area contributed by atoms with Gasteiger partial charge in [-0.3, -0.25) is 14.6 Å². The molecule has 1 heterocycles. The number of rotatable bonds is 4. The maximum atomic E-state index is 13.1. The molecule has 1 fully saturated rings. The minimum atomic E-state index is -0.358. The predicted octanol–water partition coefficient (Wildman–Crippen LogP) is 1.40. The molecule has 1 aliphatic rings. The number of carbonyl (C=O) groups excluding carboxylic acids is 1. The SMILES string of the molecule is C#CCN1CCN(C(C)C(=O)Nc2cccc(F)c2)CC1. The van der Waals surface area contributed by atoms with Crippen LogP contribution in [0.5, 0.6) is 0 Å². The number of hydrogen-bond acceptors (Lipinski definition) is 3. The van der Waals surface area contributed by atoms with Crippen molar-refractivity contribution in [3.63, 3.8) is 0 Å². The van der Waals surface area contributed by atoms with E-state index in [1.807, 2.05) is 6.92 Å². The number of nitrogens with zero attached hydrogens (tertiary/aromatic N) is 2. The Hall–Kier alpha value is -1.90. The third-order valence-corrected chi connectivity index (χ3v) is 3.74. The minimum absolute atomic E-state index is 0.119. The highest BCUT2D eigenvalue weighted by Crippen LogP contribution is 2.12. The number of nitrogens with one attached hydrogen (secondary N) is 1. The first-order chi connectivity index (χ1) is 10.1. The smallest absolute Gasteiger partial charge is 0.241 e. The third kappa shape index (κ3) is 4.28. The summed E-state index contributed by atoms with van der Waals surface area (Å²) in [5.41, 5.74) is 0.484. The Kier molecular flexibility index (Phi) is 5.32. The number of anilines is 1.